The fraction of sp³-hybridized carbons (Fsp3) is 0.167. The van der Waals surface area contributed by atoms with Crippen molar-refractivity contribution in [1.29, 1.82) is 0 Å². The number of ether oxygens (including phenoxy) is 1. The van der Waals surface area contributed by atoms with Gasteiger partial charge in [0, 0.05) is 28.7 Å². The Kier molecular flexibility index (Phi) is 7.57. The van der Waals surface area contributed by atoms with E-state index in [9.17, 15) is 9.59 Å². The van der Waals surface area contributed by atoms with Crippen LogP contribution in [0.15, 0.2) is 72.1 Å². The summed E-state index contributed by atoms with van der Waals surface area (Å²) in [6.07, 6.45) is 2.39. The predicted octanol–water partition coefficient (Wildman–Crippen LogP) is 4.60. The molecule has 1 atom stereocenters. The Bertz CT molecular complexity index is 1130. The Morgan fingerprint density at radius 1 is 1.03 bits per heavy atom. The van der Waals surface area contributed by atoms with Crippen LogP contribution in [0.25, 0.3) is 0 Å². The van der Waals surface area contributed by atoms with Crippen LogP contribution in [0.4, 0.5) is 5.69 Å². The summed E-state index contributed by atoms with van der Waals surface area (Å²) in [5.74, 6) is 0.00990. The number of nitrogens with one attached hydrogen (secondary N) is 2. The van der Waals surface area contributed by atoms with E-state index in [1.807, 2.05) is 19.1 Å². The van der Waals surface area contributed by atoms with Crippen LogP contribution < -0.4 is 15.5 Å². The van der Waals surface area contributed by atoms with Gasteiger partial charge in [-0.15, -0.1) is 0 Å². The number of carbonyl (C=O) groups is 2. The average Bonchev–Trinajstić information content (AvgIpc) is 2.80. The Balaban J connectivity index is 1.57. The summed E-state index contributed by atoms with van der Waals surface area (Å²) < 4.78 is 5.75. The van der Waals surface area contributed by atoms with E-state index in [2.05, 4.69) is 20.8 Å². The van der Waals surface area contributed by atoms with E-state index >= 15 is 0 Å². The van der Waals surface area contributed by atoms with E-state index < -0.39 is 6.10 Å². The molecule has 0 aliphatic rings. The Hall–Kier alpha value is -3.71. The van der Waals surface area contributed by atoms with Gasteiger partial charge < -0.3 is 10.1 Å². The van der Waals surface area contributed by atoms with E-state index in [-0.39, 0.29) is 11.8 Å². The number of pyridine rings is 1. The van der Waals surface area contributed by atoms with Crippen molar-refractivity contribution in [3.63, 3.8) is 0 Å². The molecule has 0 fully saturated rings. The number of aromatic nitrogens is 1. The van der Waals surface area contributed by atoms with Gasteiger partial charge in [0.2, 0.25) is 0 Å². The fourth-order valence-corrected chi connectivity index (χ4v) is 3.02. The highest BCUT2D eigenvalue weighted by Crippen LogP contribution is 2.23. The highest BCUT2D eigenvalue weighted by molar-refractivity contribution is 6.30. The molecule has 1 heterocycles. The number of nitrogens with zero attached hydrogens (tertiary/aromatic N) is 2. The standard InChI is InChI=1S/C24H23ClN4O3/c1-15-14-20(25)6-9-22(15)32-17(3)23(30)27-21-7-4-18(5-8-21)16(2)28-29-24(31)19-10-12-26-13-11-19/h4-14,17H,1-3H3,(H,27,30)(H,29,31)/b28-16+. The number of anilines is 1. The van der Waals surface area contributed by atoms with Gasteiger partial charge in [-0.1, -0.05) is 23.7 Å². The summed E-state index contributed by atoms with van der Waals surface area (Å²) in [5.41, 5.74) is 5.89. The molecular formula is C24H23ClN4O3. The van der Waals surface area contributed by atoms with E-state index in [1.165, 1.54) is 0 Å². The van der Waals surface area contributed by atoms with E-state index in [4.69, 9.17) is 16.3 Å². The fourth-order valence-electron chi connectivity index (χ4n) is 2.79. The third kappa shape index (κ3) is 6.15. The second-order valence-corrected chi connectivity index (χ2v) is 7.55. The minimum absolute atomic E-state index is 0.276. The van der Waals surface area contributed by atoms with Crippen molar-refractivity contribution in [3.05, 3.63) is 88.7 Å². The van der Waals surface area contributed by atoms with Gasteiger partial charge in [-0.25, -0.2) is 5.43 Å². The number of hydrogen-bond donors (Lipinski definition) is 2. The molecule has 2 N–H and O–H groups in total. The molecule has 0 aliphatic carbocycles. The monoisotopic (exact) mass is 450 g/mol. The van der Waals surface area contributed by atoms with Crippen molar-refractivity contribution in [2.75, 3.05) is 5.32 Å². The van der Waals surface area contributed by atoms with Gasteiger partial charge in [0.25, 0.3) is 11.8 Å². The van der Waals surface area contributed by atoms with Gasteiger partial charge in [-0.2, -0.15) is 5.10 Å². The number of aryl methyl sites for hydroxylation is 1. The van der Waals surface area contributed by atoms with Gasteiger partial charge in [0.1, 0.15) is 5.75 Å². The molecule has 32 heavy (non-hydrogen) atoms. The van der Waals surface area contributed by atoms with Crippen molar-refractivity contribution >= 4 is 34.8 Å². The van der Waals surface area contributed by atoms with Gasteiger partial charge in [0.15, 0.2) is 6.10 Å². The van der Waals surface area contributed by atoms with Gasteiger partial charge >= 0.3 is 0 Å². The van der Waals surface area contributed by atoms with Crippen LogP contribution in [0.2, 0.25) is 5.02 Å². The summed E-state index contributed by atoms with van der Waals surface area (Å²) in [5, 5.41) is 7.57. The van der Waals surface area contributed by atoms with Crippen LogP contribution in [0.1, 0.15) is 35.3 Å². The van der Waals surface area contributed by atoms with Crippen molar-refractivity contribution in [2.24, 2.45) is 5.10 Å². The van der Waals surface area contributed by atoms with Crippen LogP contribution in [-0.2, 0) is 4.79 Å². The molecule has 3 aromatic rings. The lowest BCUT2D eigenvalue weighted by atomic mass is 10.1. The topological polar surface area (TPSA) is 92.7 Å². The summed E-state index contributed by atoms with van der Waals surface area (Å²) in [4.78, 5) is 28.4. The molecule has 1 aromatic heterocycles. The molecule has 3 rings (SSSR count). The second-order valence-electron chi connectivity index (χ2n) is 7.11. The lowest BCUT2D eigenvalue weighted by Gasteiger charge is -2.16. The zero-order valence-electron chi connectivity index (χ0n) is 17.9. The number of rotatable bonds is 7. The highest BCUT2D eigenvalue weighted by Gasteiger charge is 2.16. The zero-order chi connectivity index (χ0) is 23.1. The van der Waals surface area contributed by atoms with Crippen LogP contribution in [0, 0.1) is 6.92 Å². The third-order valence-corrected chi connectivity index (χ3v) is 4.88. The third-order valence-electron chi connectivity index (χ3n) is 4.65. The van der Waals surface area contributed by atoms with Gasteiger partial charge in [0.05, 0.1) is 5.71 Å². The van der Waals surface area contributed by atoms with Crippen molar-refractivity contribution in [1.82, 2.24) is 10.4 Å². The van der Waals surface area contributed by atoms with Crippen LogP contribution in [0.5, 0.6) is 5.75 Å². The summed E-state index contributed by atoms with van der Waals surface area (Å²) >= 11 is 5.96. The normalized spacial score (nSPS) is 12.1. The van der Waals surface area contributed by atoms with Crippen LogP contribution in [-0.4, -0.2) is 28.6 Å². The first kappa shape index (κ1) is 23.0. The molecule has 0 saturated carbocycles. The molecule has 2 amide bonds. The molecule has 2 aromatic carbocycles. The lowest BCUT2D eigenvalue weighted by molar-refractivity contribution is -0.122. The summed E-state index contributed by atoms with van der Waals surface area (Å²) in [7, 11) is 0. The number of halogens is 1. The molecule has 0 spiro atoms. The van der Waals surface area contributed by atoms with Crippen molar-refractivity contribution in [2.45, 2.75) is 26.9 Å². The molecular weight excluding hydrogens is 428 g/mol. The Morgan fingerprint density at radius 2 is 1.72 bits per heavy atom. The molecule has 164 valence electrons. The molecule has 0 aliphatic heterocycles. The van der Waals surface area contributed by atoms with Crippen molar-refractivity contribution in [3.8, 4) is 5.75 Å². The maximum absolute atomic E-state index is 12.5. The van der Waals surface area contributed by atoms with E-state index in [1.54, 1.807) is 68.7 Å². The largest absolute Gasteiger partial charge is 0.481 e. The zero-order valence-corrected chi connectivity index (χ0v) is 18.7. The number of benzene rings is 2. The minimum atomic E-state index is -0.693. The summed E-state index contributed by atoms with van der Waals surface area (Å²) in [6.45, 7) is 5.33. The maximum atomic E-state index is 12.5. The first-order valence-electron chi connectivity index (χ1n) is 9.92. The second kappa shape index (κ2) is 10.5. The molecule has 0 radical (unpaired) electrons. The van der Waals surface area contributed by atoms with Crippen LogP contribution in [0.3, 0.4) is 0 Å². The molecule has 1 unspecified atom stereocenters. The minimum Gasteiger partial charge on any atom is -0.481 e. The smallest absolute Gasteiger partial charge is 0.271 e. The quantitative estimate of drug-likeness (QED) is 0.406. The molecule has 0 saturated heterocycles. The SMILES string of the molecule is C/C(=N\NC(=O)c1ccncc1)c1ccc(NC(=O)C(C)Oc2ccc(Cl)cc2C)cc1. The number of carbonyl (C=O) groups excluding carboxylic acids is 2. The van der Waals surface area contributed by atoms with Crippen molar-refractivity contribution < 1.29 is 14.3 Å². The number of hydrazone groups is 1. The molecule has 7 nitrogen and oxygen atoms in total. The Labute approximate surface area is 191 Å². The van der Waals surface area contributed by atoms with Gasteiger partial charge in [-0.3, -0.25) is 14.6 Å². The Morgan fingerprint density at radius 3 is 2.38 bits per heavy atom. The van der Waals surface area contributed by atoms with Crippen LogP contribution >= 0.6 is 11.6 Å². The highest BCUT2D eigenvalue weighted by atomic mass is 35.5. The summed E-state index contributed by atoms with van der Waals surface area (Å²) in [6, 6.07) is 15.6. The first-order chi connectivity index (χ1) is 15.3. The number of amides is 2. The van der Waals surface area contributed by atoms with E-state index in [0.29, 0.717) is 27.7 Å². The molecule has 0 bridgehead atoms. The van der Waals surface area contributed by atoms with Gasteiger partial charge in [-0.05, 0) is 74.4 Å². The molecule has 8 heteroatoms. The lowest BCUT2D eigenvalue weighted by Crippen LogP contribution is -2.30. The number of hydrogen-bond acceptors (Lipinski definition) is 5. The maximum Gasteiger partial charge on any atom is 0.271 e. The van der Waals surface area contributed by atoms with E-state index in [0.717, 1.165) is 11.1 Å². The average molecular weight is 451 g/mol. The first-order valence-corrected chi connectivity index (χ1v) is 10.3. The predicted molar refractivity (Wildman–Crippen MR) is 125 cm³/mol.